The van der Waals surface area contributed by atoms with Crippen LogP contribution in [0.1, 0.15) is 32.7 Å². The molecule has 0 N–H and O–H groups in total. The predicted octanol–water partition coefficient (Wildman–Crippen LogP) is 4.27. The fourth-order valence-electron chi connectivity index (χ4n) is 3.36. The molecule has 2 aromatic carbocycles. The molecule has 1 atom stereocenters. The summed E-state index contributed by atoms with van der Waals surface area (Å²) in [6.45, 7) is 4.45. The van der Waals surface area contributed by atoms with Crippen LogP contribution in [0, 0.1) is 0 Å². The maximum atomic E-state index is 13.1. The molecule has 0 aliphatic heterocycles. The van der Waals surface area contributed by atoms with Gasteiger partial charge < -0.3 is 4.90 Å². The van der Waals surface area contributed by atoms with Crippen molar-refractivity contribution in [1.29, 1.82) is 0 Å². The quantitative estimate of drug-likeness (QED) is 0.464. The first-order valence-electron chi connectivity index (χ1n) is 9.64. The first-order valence-corrected chi connectivity index (χ1v) is 10.5. The number of fused-ring (bicyclic) bond motifs is 1. The first-order chi connectivity index (χ1) is 13.6. The van der Waals surface area contributed by atoms with E-state index < -0.39 is 0 Å². The number of amides is 1. The van der Waals surface area contributed by atoms with Gasteiger partial charge in [-0.2, -0.15) is 0 Å². The second-order valence-electron chi connectivity index (χ2n) is 7.00. The average Bonchev–Trinajstić information content (AvgIpc) is 3.54. The molecular weight excluding hydrogens is 370 g/mol. The van der Waals surface area contributed by atoms with Gasteiger partial charge in [-0.15, -0.1) is 0 Å². The monoisotopic (exact) mass is 393 g/mol. The van der Waals surface area contributed by atoms with Crippen molar-refractivity contribution in [3.8, 4) is 0 Å². The molecule has 1 aliphatic rings. The normalized spacial score (nSPS) is 14.8. The van der Waals surface area contributed by atoms with E-state index in [9.17, 15) is 9.59 Å². The van der Waals surface area contributed by atoms with E-state index in [2.05, 4.69) is 0 Å². The van der Waals surface area contributed by atoms with E-state index in [0.717, 1.165) is 18.5 Å². The molecule has 1 aliphatic carbocycles. The Kier molecular flexibility index (Phi) is 5.22. The Morgan fingerprint density at radius 1 is 1.18 bits per heavy atom. The lowest BCUT2D eigenvalue weighted by molar-refractivity contribution is -0.117. The van der Waals surface area contributed by atoms with Crippen molar-refractivity contribution >= 4 is 34.3 Å². The summed E-state index contributed by atoms with van der Waals surface area (Å²) < 4.78 is 1.79. The van der Waals surface area contributed by atoms with E-state index in [1.165, 1.54) is 11.8 Å². The molecule has 6 heteroatoms. The highest BCUT2D eigenvalue weighted by Gasteiger charge is 2.31. The van der Waals surface area contributed by atoms with E-state index in [1.54, 1.807) is 9.47 Å². The van der Waals surface area contributed by atoms with Gasteiger partial charge in [0.05, 0.1) is 16.2 Å². The highest BCUT2D eigenvalue weighted by atomic mass is 32.2. The number of benzene rings is 2. The van der Waals surface area contributed by atoms with E-state index >= 15 is 0 Å². The van der Waals surface area contributed by atoms with Gasteiger partial charge in [0, 0.05) is 18.3 Å². The number of carbonyl (C=O) groups excluding carboxylic acids is 1. The van der Waals surface area contributed by atoms with Crippen molar-refractivity contribution in [1.82, 2.24) is 9.55 Å². The Morgan fingerprint density at radius 2 is 1.86 bits per heavy atom. The molecule has 0 radical (unpaired) electrons. The van der Waals surface area contributed by atoms with Crippen LogP contribution in [0.2, 0.25) is 0 Å². The first kappa shape index (κ1) is 18.7. The summed E-state index contributed by atoms with van der Waals surface area (Å²) >= 11 is 1.37. The van der Waals surface area contributed by atoms with Gasteiger partial charge in [0.25, 0.3) is 5.56 Å². The second kappa shape index (κ2) is 7.80. The summed E-state index contributed by atoms with van der Waals surface area (Å²) in [6.07, 6.45) is 1.97. The molecule has 4 rings (SSSR count). The average molecular weight is 394 g/mol. The number of rotatable bonds is 6. The van der Waals surface area contributed by atoms with Crippen molar-refractivity contribution in [3.05, 3.63) is 65.0 Å². The zero-order valence-electron chi connectivity index (χ0n) is 16.0. The standard InChI is InChI=1S/C22H23N3O2S/c1-3-24(16-9-5-4-6-10-16)20(26)15(2)28-22-23-19-12-8-7-11-18(19)21(27)25(22)17-13-14-17/h4-12,15,17H,3,13-14H2,1-2H3. The van der Waals surface area contributed by atoms with Crippen LogP contribution in [-0.2, 0) is 4.79 Å². The molecule has 1 saturated carbocycles. The summed E-state index contributed by atoms with van der Waals surface area (Å²) in [4.78, 5) is 32.6. The Hall–Kier alpha value is -2.60. The summed E-state index contributed by atoms with van der Waals surface area (Å²) in [5.41, 5.74) is 1.56. The third kappa shape index (κ3) is 3.56. The fraction of sp³-hybridized carbons (Fsp3) is 0.318. The molecule has 1 heterocycles. The Morgan fingerprint density at radius 3 is 2.54 bits per heavy atom. The van der Waals surface area contributed by atoms with Gasteiger partial charge in [-0.3, -0.25) is 14.2 Å². The number of thioether (sulfide) groups is 1. The van der Waals surface area contributed by atoms with E-state index in [4.69, 9.17) is 4.98 Å². The van der Waals surface area contributed by atoms with Gasteiger partial charge in [-0.05, 0) is 51.0 Å². The Balaban J connectivity index is 1.66. The number of carbonyl (C=O) groups is 1. The van der Waals surface area contributed by atoms with Gasteiger partial charge in [-0.25, -0.2) is 4.98 Å². The highest BCUT2D eigenvalue weighted by Crippen LogP contribution is 2.38. The zero-order valence-corrected chi connectivity index (χ0v) is 16.9. The van der Waals surface area contributed by atoms with Crippen molar-refractivity contribution in [2.75, 3.05) is 11.4 Å². The molecule has 5 nitrogen and oxygen atoms in total. The number of para-hydroxylation sites is 2. The molecule has 0 bridgehead atoms. The Labute approximate surface area is 168 Å². The van der Waals surface area contributed by atoms with Crippen LogP contribution < -0.4 is 10.5 Å². The third-order valence-corrected chi connectivity index (χ3v) is 6.02. The third-order valence-electron chi connectivity index (χ3n) is 4.97. The number of hydrogen-bond acceptors (Lipinski definition) is 4. The molecule has 28 heavy (non-hydrogen) atoms. The molecule has 1 fully saturated rings. The summed E-state index contributed by atoms with van der Waals surface area (Å²) in [7, 11) is 0. The molecular formula is C22H23N3O2S. The van der Waals surface area contributed by atoms with Crippen LogP contribution in [0.4, 0.5) is 5.69 Å². The van der Waals surface area contributed by atoms with Gasteiger partial charge in [0.1, 0.15) is 0 Å². The minimum absolute atomic E-state index is 0.00865. The van der Waals surface area contributed by atoms with Gasteiger partial charge >= 0.3 is 0 Å². The molecule has 0 saturated heterocycles. The van der Waals surface area contributed by atoms with Crippen LogP contribution in [0.5, 0.6) is 0 Å². The minimum Gasteiger partial charge on any atom is -0.312 e. The molecule has 1 amide bonds. The number of hydrogen-bond donors (Lipinski definition) is 0. The lowest BCUT2D eigenvalue weighted by Crippen LogP contribution is -2.37. The highest BCUT2D eigenvalue weighted by molar-refractivity contribution is 8.00. The SMILES string of the molecule is CCN(C(=O)C(C)Sc1nc2ccccc2c(=O)n1C1CC1)c1ccccc1. The summed E-state index contributed by atoms with van der Waals surface area (Å²) in [5.74, 6) is 0.0171. The predicted molar refractivity (Wildman–Crippen MR) is 114 cm³/mol. The molecule has 1 unspecified atom stereocenters. The maximum Gasteiger partial charge on any atom is 0.262 e. The van der Waals surface area contributed by atoms with Gasteiger partial charge in [0.2, 0.25) is 5.91 Å². The van der Waals surface area contributed by atoms with E-state index in [1.807, 2.05) is 68.4 Å². The second-order valence-corrected chi connectivity index (χ2v) is 8.30. The summed E-state index contributed by atoms with van der Waals surface area (Å²) in [5, 5.41) is 0.923. The fourth-order valence-corrected chi connectivity index (χ4v) is 4.41. The van der Waals surface area contributed by atoms with Crippen LogP contribution in [-0.4, -0.2) is 27.3 Å². The van der Waals surface area contributed by atoms with E-state index in [0.29, 0.717) is 22.6 Å². The molecule has 144 valence electrons. The smallest absolute Gasteiger partial charge is 0.262 e. The lowest BCUT2D eigenvalue weighted by atomic mass is 10.2. The van der Waals surface area contributed by atoms with Crippen LogP contribution >= 0.6 is 11.8 Å². The maximum absolute atomic E-state index is 13.1. The van der Waals surface area contributed by atoms with Crippen molar-refractivity contribution in [3.63, 3.8) is 0 Å². The minimum atomic E-state index is -0.349. The topological polar surface area (TPSA) is 55.2 Å². The van der Waals surface area contributed by atoms with Crippen LogP contribution in [0.3, 0.4) is 0 Å². The largest absolute Gasteiger partial charge is 0.312 e. The van der Waals surface area contributed by atoms with Crippen molar-refractivity contribution in [2.24, 2.45) is 0 Å². The van der Waals surface area contributed by atoms with Crippen molar-refractivity contribution in [2.45, 2.75) is 43.1 Å². The van der Waals surface area contributed by atoms with Crippen LogP contribution in [0.15, 0.2) is 64.5 Å². The van der Waals surface area contributed by atoms with E-state index in [-0.39, 0.29) is 22.8 Å². The van der Waals surface area contributed by atoms with Gasteiger partial charge in [0.15, 0.2) is 5.16 Å². The molecule has 0 spiro atoms. The van der Waals surface area contributed by atoms with Crippen LogP contribution in [0.25, 0.3) is 10.9 Å². The number of nitrogens with zero attached hydrogens (tertiary/aromatic N) is 3. The zero-order chi connectivity index (χ0) is 19.7. The summed E-state index contributed by atoms with van der Waals surface area (Å²) in [6, 6.07) is 17.3. The Bertz CT molecular complexity index is 1060. The molecule has 3 aromatic rings. The molecule has 1 aromatic heterocycles. The van der Waals surface area contributed by atoms with Gasteiger partial charge in [-0.1, -0.05) is 42.1 Å². The lowest BCUT2D eigenvalue weighted by Gasteiger charge is -2.24. The van der Waals surface area contributed by atoms with Crippen molar-refractivity contribution < 1.29 is 4.79 Å². The number of anilines is 1. The number of aromatic nitrogens is 2.